The van der Waals surface area contributed by atoms with Crippen LogP contribution in [-0.2, 0) is 11.2 Å². The Hall–Kier alpha value is -1.82. The molecular formula is C18H22N2O. The Labute approximate surface area is 126 Å². The molecular weight excluding hydrogens is 260 g/mol. The van der Waals surface area contributed by atoms with Gasteiger partial charge < -0.3 is 5.32 Å². The van der Waals surface area contributed by atoms with E-state index in [0.29, 0.717) is 12.3 Å². The van der Waals surface area contributed by atoms with E-state index < -0.39 is 5.92 Å². The minimum atomic E-state index is -0.578. The molecule has 110 valence electrons. The van der Waals surface area contributed by atoms with E-state index in [9.17, 15) is 10.1 Å². The molecule has 4 atom stereocenters. The van der Waals surface area contributed by atoms with Crippen molar-refractivity contribution in [3.05, 3.63) is 35.9 Å². The Balaban J connectivity index is 1.50. The van der Waals surface area contributed by atoms with E-state index in [0.717, 1.165) is 23.9 Å². The van der Waals surface area contributed by atoms with Crippen molar-refractivity contribution in [1.82, 2.24) is 5.32 Å². The Morgan fingerprint density at radius 3 is 2.71 bits per heavy atom. The number of hydrogen-bond donors (Lipinski definition) is 1. The molecule has 3 rings (SSSR count). The van der Waals surface area contributed by atoms with Gasteiger partial charge in [0.2, 0.25) is 5.91 Å². The van der Waals surface area contributed by atoms with E-state index in [2.05, 4.69) is 11.4 Å². The third-order valence-corrected chi connectivity index (χ3v) is 5.18. The predicted molar refractivity (Wildman–Crippen MR) is 81.2 cm³/mol. The second kappa shape index (κ2) is 6.30. The van der Waals surface area contributed by atoms with Gasteiger partial charge in [0.05, 0.1) is 6.07 Å². The van der Waals surface area contributed by atoms with Gasteiger partial charge >= 0.3 is 0 Å². The summed E-state index contributed by atoms with van der Waals surface area (Å²) in [6.45, 7) is 0.757. The van der Waals surface area contributed by atoms with Crippen molar-refractivity contribution in [2.75, 3.05) is 6.54 Å². The van der Waals surface area contributed by atoms with Gasteiger partial charge in [-0.15, -0.1) is 0 Å². The van der Waals surface area contributed by atoms with Crippen LogP contribution in [-0.4, -0.2) is 12.5 Å². The third kappa shape index (κ3) is 3.26. The van der Waals surface area contributed by atoms with Crippen molar-refractivity contribution in [1.29, 1.82) is 5.26 Å². The van der Waals surface area contributed by atoms with Gasteiger partial charge in [0.1, 0.15) is 5.92 Å². The van der Waals surface area contributed by atoms with Crippen LogP contribution in [0.1, 0.15) is 31.2 Å². The van der Waals surface area contributed by atoms with Crippen LogP contribution in [0.4, 0.5) is 0 Å². The van der Waals surface area contributed by atoms with Gasteiger partial charge in [-0.2, -0.15) is 5.26 Å². The van der Waals surface area contributed by atoms with Gasteiger partial charge in [0.15, 0.2) is 0 Å². The van der Waals surface area contributed by atoms with Gasteiger partial charge in [-0.1, -0.05) is 36.8 Å². The van der Waals surface area contributed by atoms with E-state index >= 15 is 0 Å². The molecule has 3 nitrogen and oxygen atoms in total. The minimum Gasteiger partial charge on any atom is -0.355 e. The molecule has 21 heavy (non-hydrogen) atoms. The van der Waals surface area contributed by atoms with E-state index in [-0.39, 0.29) is 5.91 Å². The second-order valence-corrected chi connectivity index (χ2v) is 6.55. The first-order valence-corrected chi connectivity index (χ1v) is 7.97. The molecule has 1 aromatic rings. The molecule has 4 unspecified atom stereocenters. The van der Waals surface area contributed by atoms with Crippen molar-refractivity contribution >= 4 is 5.91 Å². The van der Waals surface area contributed by atoms with Crippen LogP contribution >= 0.6 is 0 Å². The number of nitriles is 1. The Bertz CT molecular complexity index is 534. The van der Waals surface area contributed by atoms with Crippen LogP contribution in [0.5, 0.6) is 0 Å². The van der Waals surface area contributed by atoms with Gasteiger partial charge in [0.25, 0.3) is 0 Å². The summed E-state index contributed by atoms with van der Waals surface area (Å²) in [6.07, 6.45) is 5.83. The average molecular weight is 282 g/mol. The number of amides is 1. The molecule has 0 heterocycles. The summed E-state index contributed by atoms with van der Waals surface area (Å²) in [5, 5.41) is 12.3. The lowest BCUT2D eigenvalue weighted by Crippen LogP contribution is -2.36. The summed E-state index contributed by atoms with van der Waals surface area (Å²) >= 11 is 0. The quantitative estimate of drug-likeness (QED) is 0.902. The van der Waals surface area contributed by atoms with Crippen molar-refractivity contribution in [3.8, 4) is 6.07 Å². The summed E-state index contributed by atoms with van der Waals surface area (Å²) in [7, 11) is 0. The number of hydrogen-bond acceptors (Lipinski definition) is 2. The summed E-state index contributed by atoms with van der Waals surface area (Å²) in [4.78, 5) is 12.2. The molecule has 0 spiro atoms. The van der Waals surface area contributed by atoms with Crippen molar-refractivity contribution in [2.24, 2.45) is 23.7 Å². The number of rotatable bonds is 5. The molecule has 1 amide bonds. The fraction of sp³-hybridized carbons (Fsp3) is 0.556. The SMILES string of the molecule is N#CC(Cc1ccccc1)C(=O)NCC1CC2CCC1C2. The summed E-state index contributed by atoms with van der Waals surface area (Å²) in [5.41, 5.74) is 1.04. The molecule has 3 heteroatoms. The van der Waals surface area contributed by atoms with Gasteiger partial charge in [-0.3, -0.25) is 4.79 Å². The number of fused-ring (bicyclic) bond motifs is 2. The Morgan fingerprint density at radius 2 is 2.10 bits per heavy atom. The van der Waals surface area contributed by atoms with Crippen LogP contribution < -0.4 is 5.32 Å². The van der Waals surface area contributed by atoms with Crippen molar-refractivity contribution < 1.29 is 4.79 Å². The van der Waals surface area contributed by atoms with E-state index in [4.69, 9.17) is 0 Å². The van der Waals surface area contributed by atoms with Gasteiger partial charge in [0, 0.05) is 6.54 Å². The lowest BCUT2D eigenvalue weighted by atomic mass is 9.88. The first-order chi connectivity index (χ1) is 10.3. The first kappa shape index (κ1) is 14.1. The highest BCUT2D eigenvalue weighted by atomic mass is 16.1. The van der Waals surface area contributed by atoms with Gasteiger partial charge in [-0.25, -0.2) is 0 Å². The first-order valence-electron chi connectivity index (χ1n) is 7.97. The summed E-state index contributed by atoms with van der Waals surface area (Å²) in [5.74, 6) is 1.66. The lowest BCUT2D eigenvalue weighted by molar-refractivity contribution is -0.123. The summed E-state index contributed by atoms with van der Waals surface area (Å²) in [6, 6.07) is 11.9. The molecule has 1 N–H and O–H groups in total. The normalized spacial score (nSPS) is 28.0. The van der Waals surface area contributed by atoms with Crippen LogP contribution in [0.2, 0.25) is 0 Å². The average Bonchev–Trinajstić information content (AvgIpc) is 3.14. The largest absolute Gasteiger partial charge is 0.355 e. The molecule has 0 saturated heterocycles. The second-order valence-electron chi connectivity index (χ2n) is 6.55. The monoisotopic (exact) mass is 282 g/mol. The Morgan fingerprint density at radius 1 is 1.29 bits per heavy atom. The maximum atomic E-state index is 12.2. The highest BCUT2D eigenvalue weighted by molar-refractivity contribution is 5.81. The molecule has 2 saturated carbocycles. The molecule has 2 bridgehead atoms. The highest BCUT2D eigenvalue weighted by Gasteiger charge is 2.39. The predicted octanol–water partition coefficient (Wildman–Crippen LogP) is 2.92. The molecule has 2 aliphatic rings. The zero-order valence-corrected chi connectivity index (χ0v) is 12.3. The topological polar surface area (TPSA) is 52.9 Å². The van der Waals surface area contributed by atoms with E-state index in [1.165, 1.54) is 25.7 Å². The Kier molecular flexibility index (Phi) is 4.24. The summed E-state index contributed by atoms with van der Waals surface area (Å²) < 4.78 is 0. The number of carbonyl (C=O) groups excluding carboxylic acids is 1. The fourth-order valence-electron chi connectivity index (χ4n) is 4.03. The number of benzene rings is 1. The fourth-order valence-corrected chi connectivity index (χ4v) is 4.03. The number of nitrogens with one attached hydrogen (secondary N) is 1. The van der Waals surface area contributed by atoms with Crippen LogP contribution in [0.15, 0.2) is 30.3 Å². The lowest BCUT2D eigenvalue weighted by Gasteiger charge is -2.22. The van der Waals surface area contributed by atoms with Gasteiger partial charge in [-0.05, 0) is 49.0 Å². The highest BCUT2D eigenvalue weighted by Crippen LogP contribution is 2.47. The van der Waals surface area contributed by atoms with Crippen LogP contribution in [0.25, 0.3) is 0 Å². The smallest absolute Gasteiger partial charge is 0.237 e. The molecule has 0 aromatic heterocycles. The molecule has 0 radical (unpaired) electrons. The standard InChI is InChI=1S/C18H22N2O/c19-11-16(8-13-4-2-1-3-5-13)18(21)20-12-17-10-14-6-7-15(17)9-14/h1-5,14-17H,6-10,12H2,(H,20,21). The molecule has 2 fully saturated rings. The minimum absolute atomic E-state index is 0.107. The van der Waals surface area contributed by atoms with E-state index in [1.54, 1.807) is 0 Å². The zero-order valence-electron chi connectivity index (χ0n) is 12.3. The van der Waals surface area contributed by atoms with Crippen LogP contribution in [0.3, 0.4) is 0 Å². The third-order valence-electron chi connectivity index (χ3n) is 5.18. The maximum Gasteiger partial charge on any atom is 0.237 e. The molecule has 0 aliphatic heterocycles. The number of nitrogens with zero attached hydrogens (tertiary/aromatic N) is 1. The van der Waals surface area contributed by atoms with E-state index in [1.807, 2.05) is 30.3 Å². The maximum absolute atomic E-state index is 12.2. The molecule has 2 aliphatic carbocycles. The molecule has 1 aromatic carbocycles. The number of carbonyl (C=O) groups is 1. The van der Waals surface area contributed by atoms with Crippen LogP contribution in [0, 0.1) is 35.0 Å². The van der Waals surface area contributed by atoms with Crippen molar-refractivity contribution in [3.63, 3.8) is 0 Å². The van der Waals surface area contributed by atoms with Crippen molar-refractivity contribution in [2.45, 2.75) is 32.1 Å². The zero-order chi connectivity index (χ0) is 14.7.